The number of aromatic nitrogens is 2. The molecule has 1 N–H and O–H groups in total. The summed E-state index contributed by atoms with van der Waals surface area (Å²) in [4.78, 5) is 26.1. The maximum atomic E-state index is 12.8. The molecule has 0 radical (unpaired) electrons. The van der Waals surface area contributed by atoms with Gasteiger partial charge in [-0.15, -0.1) is 0 Å². The summed E-state index contributed by atoms with van der Waals surface area (Å²) >= 11 is 0. The SMILES string of the molecule is CCC(CC)n1ncc(C(=O)N2CCC(COC)(C(=O)O)C2)c1C. The zero-order valence-corrected chi connectivity index (χ0v) is 14.9. The van der Waals surface area contributed by atoms with Crippen LogP contribution < -0.4 is 0 Å². The minimum absolute atomic E-state index is 0.109. The van der Waals surface area contributed by atoms with Crippen LogP contribution in [0.1, 0.15) is 55.2 Å². The number of carbonyl (C=O) groups is 2. The van der Waals surface area contributed by atoms with Crippen LogP contribution in [0.2, 0.25) is 0 Å². The molecule has 7 nitrogen and oxygen atoms in total. The summed E-state index contributed by atoms with van der Waals surface area (Å²) in [6.45, 7) is 6.80. The molecule has 1 unspecified atom stereocenters. The van der Waals surface area contributed by atoms with Gasteiger partial charge in [-0.05, 0) is 26.2 Å². The largest absolute Gasteiger partial charge is 0.481 e. The molecular formula is C17H27N3O4. The number of hydrogen-bond acceptors (Lipinski definition) is 4. The van der Waals surface area contributed by atoms with Gasteiger partial charge in [0, 0.05) is 25.9 Å². The van der Waals surface area contributed by atoms with E-state index < -0.39 is 11.4 Å². The van der Waals surface area contributed by atoms with E-state index in [1.807, 2.05) is 11.6 Å². The van der Waals surface area contributed by atoms with Crippen LogP contribution in [0.15, 0.2) is 6.20 Å². The molecule has 1 saturated heterocycles. The lowest BCUT2D eigenvalue weighted by Gasteiger charge is -2.23. The fourth-order valence-corrected chi connectivity index (χ4v) is 3.48. The minimum atomic E-state index is -1.01. The first-order chi connectivity index (χ1) is 11.4. The van der Waals surface area contributed by atoms with Gasteiger partial charge in [0.25, 0.3) is 5.91 Å². The third kappa shape index (κ3) is 3.17. The van der Waals surface area contributed by atoms with Crippen LogP contribution in [-0.4, -0.2) is 58.5 Å². The van der Waals surface area contributed by atoms with E-state index in [4.69, 9.17) is 4.74 Å². The molecule has 0 spiro atoms. The number of carboxylic acids is 1. The molecule has 0 saturated carbocycles. The van der Waals surface area contributed by atoms with Gasteiger partial charge >= 0.3 is 5.97 Å². The van der Waals surface area contributed by atoms with Crippen molar-refractivity contribution in [2.45, 2.75) is 46.1 Å². The Bertz CT molecular complexity index is 609. The Morgan fingerprint density at radius 3 is 2.62 bits per heavy atom. The van der Waals surface area contributed by atoms with Crippen molar-refractivity contribution < 1.29 is 19.4 Å². The predicted molar refractivity (Wildman–Crippen MR) is 89.0 cm³/mol. The topological polar surface area (TPSA) is 84.7 Å². The Labute approximate surface area is 142 Å². The second kappa shape index (κ2) is 7.34. The third-order valence-electron chi connectivity index (χ3n) is 5.08. The van der Waals surface area contributed by atoms with E-state index in [2.05, 4.69) is 18.9 Å². The van der Waals surface area contributed by atoms with Gasteiger partial charge in [-0.1, -0.05) is 13.8 Å². The van der Waals surface area contributed by atoms with Crippen LogP contribution in [0.3, 0.4) is 0 Å². The zero-order chi connectivity index (χ0) is 17.9. The van der Waals surface area contributed by atoms with Crippen molar-refractivity contribution in [1.29, 1.82) is 0 Å². The Hall–Kier alpha value is -1.89. The standard InChI is InChI=1S/C17H27N3O4/c1-5-13(6-2)20-12(3)14(9-18-20)15(21)19-8-7-17(10-19,11-24-4)16(22)23/h9,13H,5-8,10-11H2,1-4H3,(H,22,23). The monoisotopic (exact) mass is 337 g/mol. The number of methoxy groups -OCH3 is 1. The number of nitrogens with zero attached hydrogens (tertiary/aromatic N) is 3. The van der Waals surface area contributed by atoms with Gasteiger partial charge in [-0.25, -0.2) is 0 Å². The van der Waals surface area contributed by atoms with Gasteiger partial charge in [0.2, 0.25) is 0 Å². The Morgan fingerprint density at radius 2 is 2.08 bits per heavy atom. The number of rotatable bonds is 7. The first-order valence-electron chi connectivity index (χ1n) is 8.45. The number of carbonyl (C=O) groups excluding carboxylic acids is 1. The van der Waals surface area contributed by atoms with Crippen LogP contribution in [0.25, 0.3) is 0 Å². The number of amides is 1. The molecule has 1 fully saturated rings. The highest BCUT2D eigenvalue weighted by atomic mass is 16.5. The Balaban J connectivity index is 2.20. The maximum Gasteiger partial charge on any atom is 0.313 e. The van der Waals surface area contributed by atoms with Gasteiger partial charge in [0.05, 0.1) is 24.4 Å². The number of ether oxygens (including phenoxy) is 1. The predicted octanol–water partition coefficient (Wildman–Crippen LogP) is 2.12. The Morgan fingerprint density at radius 1 is 1.42 bits per heavy atom. The lowest BCUT2D eigenvalue weighted by Crippen LogP contribution is -2.40. The fraction of sp³-hybridized carbons (Fsp3) is 0.706. The fourth-order valence-electron chi connectivity index (χ4n) is 3.48. The summed E-state index contributed by atoms with van der Waals surface area (Å²) in [5.74, 6) is -1.06. The summed E-state index contributed by atoms with van der Waals surface area (Å²) in [6.07, 6.45) is 3.91. The molecule has 2 rings (SSSR count). The molecule has 1 aromatic rings. The quantitative estimate of drug-likeness (QED) is 0.824. The second-order valence-corrected chi connectivity index (χ2v) is 6.55. The first-order valence-corrected chi connectivity index (χ1v) is 8.45. The normalized spacial score (nSPS) is 20.8. The molecule has 7 heteroatoms. The number of likely N-dealkylation sites (tertiary alicyclic amines) is 1. The van der Waals surface area contributed by atoms with Crippen molar-refractivity contribution in [2.75, 3.05) is 26.8 Å². The van der Waals surface area contributed by atoms with E-state index in [1.54, 1.807) is 11.1 Å². The van der Waals surface area contributed by atoms with Crippen molar-refractivity contribution in [2.24, 2.45) is 5.41 Å². The van der Waals surface area contributed by atoms with E-state index in [9.17, 15) is 14.7 Å². The molecule has 1 amide bonds. The highest BCUT2D eigenvalue weighted by Crippen LogP contribution is 2.32. The van der Waals surface area contributed by atoms with E-state index >= 15 is 0 Å². The van der Waals surface area contributed by atoms with E-state index in [-0.39, 0.29) is 25.1 Å². The average Bonchev–Trinajstić information content (AvgIpc) is 3.14. The molecule has 1 aliphatic heterocycles. The van der Waals surface area contributed by atoms with Crippen molar-refractivity contribution in [3.8, 4) is 0 Å². The summed E-state index contributed by atoms with van der Waals surface area (Å²) in [5.41, 5.74) is 0.387. The second-order valence-electron chi connectivity index (χ2n) is 6.55. The zero-order valence-electron chi connectivity index (χ0n) is 14.9. The van der Waals surface area contributed by atoms with Crippen LogP contribution in [-0.2, 0) is 9.53 Å². The van der Waals surface area contributed by atoms with Gasteiger partial charge in [-0.3, -0.25) is 14.3 Å². The van der Waals surface area contributed by atoms with E-state index in [1.165, 1.54) is 7.11 Å². The number of aliphatic carboxylic acids is 1. The van der Waals surface area contributed by atoms with Gasteiger partial charge in [0.1, 0.15) is 5.41 Å². The first kappa shape index (κ1) is 18.4. The van der Waals surface area contributed by atoms with Crippen molar-refractivity contribution in [3.05, 3.63) is 17.5 Å². The van der Waals surface area contributed by atoms with Crippen LogP contribution >= 0.6 is 0 Å². The van der Waals surface area contributed by atoms with Crippen LogP contribution in [0, 0.1) is 12.3 Å². The van der Waals surface area contributed by atoms with Crippen molar-refractivity contribution in [1.82, 2.24) is 14.7 Å². The molecule has 1 aliphatic rings. The molecular weight excluding hydrogens is 310 g/mol. The minimum Gasteiger partial charge on any atom is -0.481 e. The molecule has 0 aliphatic carbocycles. The summed E-state index contributed by atoms with van der Waals surface area (Å²) in [6, 6.07) is 0.275. The number of hydrogen-bond donors (Lipinski definition) is 1. The molecule has 0 bridgehead atoms. The van der Waals surface area contributed by atoms with Gasteiger partial charge in [0.15, 0.2) is 0 Å². The van der Waals surface area contributed by atoms with Crippen molar-refractivity contribution >= 4 is 11.9 Å². The third-order valence-corrected chi connectivity index (χ3v) is 5.08. The van der Waals surface area contributed by atoms with Crippen molar-refractivity contribution in [3.63, 3.8) is 0 Å². The molecule has 24 heavy (non-hydrogen) atoms. The van der Waals surface area contributed by atoms with E-state index in [0.717, 1.165) is 18.5 Å². The van der Waals surface area contributed by atoms with Gasteiger partial charge < -0.3 is 14.7 Å². The molecule has 2 heterocycles. The highest BCUT2D eigenvalue weighted by molar-refractivity contribution is 5.96. The summed E-state index contributed by atoms with van der Waals surface area (Å²) in [7, 11) is 1.49. The molecule has 1 atom stereocenters. The van der Waals surface area contributed by atoms with E-state index in [0.29, 0.717) is 18.5 Å². The smallest absolute Gasteiger partial charge is 0.313 e. The lowest BCUT2D eigenvalue weighted by molar-refractivity contribution is -0.151. The number of carboxylic acid groups (broad SMARTS) is 1. The molecule has 1 aromatic heterocycles. The lowest BCUT2D eigenvalue weighted by atomic mass is 9.88. The summed E-state index contributed by atoms with van der Waals surface area (Å²) < 4.78 is 6.98. The van der Waals surface area contributed by atoms with Crippen LogP contribution in [0.4, 0.5) is 0 Å². The molecule has 0 aromatic carbocycles. The van der Waals surface area contributed by atoms with Gasteiger partial charge in [-0.2, -0.15) is 5.10 Å². The van der Waals surface area contributed by atoms with Crippen LogP contribution in [0.5, 0.6) is 0 Å². The maximum absolute atomic E-state index is 12.8. The summed E-state index contributed by atoms with van der Waals surface area (Å²) in [5, 5.41) is 13.9. The highest BCUT2D eigenvalue weighted by Gasteiger charge is 2.46. The average molecular weight is 337 g/mol. The Kier molecular flexibility index (Phi) is 5.64. The molecule has 134 valence electrons.